The van der Waals surface area contributed by atoms with Crippen molar-refractivity contribution in [1.29, 1.82) is 0 Å². The summed E-state index contributed by atoms with van der Waals surface area (Å²) in [5.74, 6) is 0. The average molecular weight is 265 g/mol. The van der Waals surface area contributed by atoms with Gasteiger partial charge in [-0.1, -0.05) is 61.2 Å². The maximum absolute atomic E-state index is 5.86. The largest absolute Gasteiger partial charge is 0.399 e. The van der Waals surface area contributed by atoms with E-state index in [1.165, 1.54) is 48.8 Å². The molecule has 2 aromatic carbocycles. The number of nitrogen functional groups attached to an aromatic ring is 1. The van der Waals surface area contributed by atoms with E-state index in [-0.39, 0.29) is 5.41 Å². The first-order valence-corrected chi connectivity index (χ1v) is 7.64. The molecule has 0 bridgehead atoms. The molecule has 0 atom stereocenters. The van der Waals surface area contributed by atoms with E-state index < -0.39 is 0 Å². The van der Waals surface area contributed by atoms with E-state index in [9.17, 15) is 0 Å². The molecule has 3 rings (SSSR count). The van der Waals surface area contributed by atoms with Crippen molar-refractivity contribution in [3.05, 3.63) is 65.2 Å². The maximum Gasteiger partial charge on any atom is 0.0314 e. The van der Waals surface area contributed by atoms with E-state index in [2.05, 4.69) is 43.3 Å². The summed E-state index contributed by atoms with van der Waals surface area (Å²) in [7, 11) is 0. The third-order valence-corrected chi connectivity index (χ3v) is 4.77. The minimum Gasteiger partial charge on any atom is -0.399 e. The summed E-state index contributed by atoms with van der Waals surface area (Å²) in [5.41, 5.74) is 11.1. The number of aryl methyl sites for hydroxylation is 1. The second-order valence-electron chi connectivity index (χ2n) is 6.13. The molecule has 0 heterocycles. The molecule has 2 N–H and O–H groups in total. The molecule has 0 aliphatic heterocycles. The van der Waals surface area contributed by atoms with Crippen molar-refractivity contribution in [1.82, 2.24) is 0 Å². The van der Waals surface area contributed by atoms with Crippen LogP contribution >= 0.6 is 0 Å². The van der Waals surface area contributed by atoms with Crippen LogP contribution in [0.4, 0.5) is 5.69 Å². The normalized spacial score (nSPS) is 17.9. The molecule has 0 unspecified atom stereocenters. The van der Waals surface area contributed by atoms with Crippen molar-refractivity contribution >= 4 is 5.69 Å². The molecule has 2 aromatic rings. The van der Waals surface area contributed by atoms with Gasteiger partial charge < -0.3 is 5.73 Å². The van der Waals surface area contributed by atoms with Crippen LogP contribution in [-0.4, -0.2) is 0 Å². The molecule has 0 radical (unpaired) electrons. The summed E-state index contributed by atoms with van der Waals surface area (Å²) in [5, 5.41) is 0. The van der Waals surface area contributed by atoms with Gasteiger partial charge in [0.05, 0.1) is 0 Å². The van der Waals surface area contributed by atoms with E-state index in [1.54, 1.807) is 0 Å². The minimum atomic E-state index is 0.194. The van der Waals surface area contributed by atoms with Gasteiger partial charge in [0.25, 0.3) is 0 Å². The quantitative estimate of drug-likeness (QED) is 0.773. The molecular formula is C19H23N. The highest BCUT2D eigenvalue weighted by molar-refractivity contribution is 5.46. The second kappa shape index (κ2) is 5.32. The molecule has 20 heavy (non-hydrogen) atoms. The Hall–Kier alpha value is -1.76. The van der Waals surface area contributed by atoms with Crippen LogP contribution in [-0.2, 0) is 5.41 Å². The molecule has 1 aliphatic carbocycles. The molecule has 0 spiro atoms. The summed E-state index contributed by atoms with van der Waals surface area (Å²) in [6.45, 7) is 2.15. The molecule has 1 saturated carbocycles. The Morgan fingerprint density at radius 3 is 1.80 bits per heavy atom. The molecule has 0 aromatic heterocycles. The van der Waals surface area contributed by atoms with Gasteiger partial charge >= 0.3 is 0 Å². The minimum absolute atomic E-state index is 0.194. The van der Waals surface area contributed by atoms with E-state index in [0.717, 1.165) is 5.69 Å². The SMILES string of the molecule is Cc1ccc(C2(c3ccc(N)cc3)CCCCC2)cc1. The zero-order valence-corrected chi connectivity index (χ0v) is 12.2. The Balaban J connectivity index is 2.08. The molecule has 0 amide bonds. The Kier molecular flexibility index (Phi) is 3.52. The average Bonchev–Trinajstić information content (AvgIpc) is 2.49. The van der Waals surface area contributed by atoms with Crippen molar-refractivity contribution in [3.8, 4) is 0 Å². The van der Waals surface area contributed by atoms with Gasteiger partial charge in [-0.25, -0.2) is 0 Å². The topological polar surface area (TPSA) is 26.0 Å². The van der Waals surface area contributed by atoms with Crippen LogP contribution in [0, 0.1) is 6.92 Å². The number of rotatable bonds is 2. The van der Waals surface area contributed by atoms with Gasteiger partial charge in [0.1, 0.15) is 0 Å². The van der Waals surface area contributed by atoms with Gasteiger partial charge in [-0.2, -0.15) is 0 Å². The number of hydrogen-bond acceptors (Lipinski definition) is 1. The predicted molar refractivity (Wildman–Crippen MR) is 85.9 cm³/mol. The zero-order chi connectivity index (χ0) is 14.0. The summed E-state index contributed by atoms with van der Waals surface area (Å²) in [6.07, 6.45) is 6.50. The van der Waals surface area contributed by atoms with Crippen LogP contribution < -0.4 is 5.73 Å². The third-order valence-electron chi connectivity index (χ3n) is 4.77. The van der Waals surface area contributed by atoms with Gasteiger partial charge in [0.2, 0.25) is 0 Å². The molecule has 1 heteroatoms. The highest BCUT2D eigenvalue weighted by atomic mass is 14.5. The predicted octanol–water partition coefficient (Wildman–Crippen LogP) is 4.83. The summed E-state index contributed by atoms with van der Waals surface area (Å²) < 4.78 is 0. The molecule has 104 valence electrons. The summed E-state index contributed by atoms with van der Waals surface area (Å²) >= 11 is 0. The highest BCUT2D eigenvalue weighted by Crippen LogP contribution is 2.44. The highest BCUT2D eigenvalue weighted by Gasteiger charge is 2.35. The first kappa shape index (κ1) is 13.2. The van der Waals surface area contributed by atoms with Gasteiger partial charge in [0.15, 0.2) is 0 Å². The zero-order valence-electron chi connectivity index (χ0n) is 12.2. The number of nitrogens with two attached hydrogens (primary N) is 1. The second-order valence-corrected chi connectivity index (χ2v) is 6.13. The lowest BCUT2D eigenvalue weighted by Crippen LogP contribution is -2.30. The maximum atomic E-state index is 5.86. The Labute approximate surface area is 121 Å². The van der Waals surface area contributed by atoms with Crippen LogP contribution in [0.3, 0.4) is 0 Å². The number of benzene rings is 2. The van der Waals surface area contributed by atoms with E-state index in [1.807, 2.05) is 12.1 Å². The van der Waals surface area contributed by atoms with Gasteiger partial charge in [0, 0.05) is 11.1 Å². The van der Waals surface area contributed by atoms with Crippen molar-refractivity contribution in [2.45, 2.75) is 44.4 Å². The molecule has 1 aliphatic rings. The van der Waals surface area contributed by atoms with E-state index in [0.29, 0.717) is 0 Å². The van der Waals surface area contributed by atoms with E-state index in [4.69, 9.17) is 5.73 Å². The lowest BCUT2D eigenvalue weighted by molar-refractivity contribution is 0.346. The van der Waals surface area contributed by atoms with Crippen molar-refractivity contribution in [2.75, 3.05) is 5.73 Å². The van der Waals surface area contributed by atoms with Gasteiger partial charge in [-0.3, -0.25) is 0 Å². The molecule has 1 fully saturated rings. The van der Waals surface area contributed by atoms with Gasteiger partial charge in [-0.05, 0) is 43.0 Å². The van der Waals surface area contributed by atoms with Crippen LogP contribution in [0.15, 0.2) is 48.5 Å². The number of hydrogen-bond donors (Lipinski definition) is 1. The van der Waals surface area contributed by atoms with Crippen LogP contribution in [0.25, 0.3) is 0 Å². The first-order valence-electron chi connectivity index (χ1n) is 7.64. The van der Waals surface area contributed by atoms with Crippen LogP contribution in [0.2, 0.25) is 0 Å². The van der Waals surface area contributed by atoms with Crippen molar-refractivity contribution < 1.29 is 0 Å². The standard InChI is InChI=1S/C19H23N/c1-15-5-7-16(8-6-15)19(13-3-2-4-14-19)17-9-11-18(20)12-10-17/h5-12H,2-4,13-14,20H2,1H3. The first-order chi connectivity index (χ1) is 9.71. The van der Waals surface area contributed by atoms with E-state index >= 15 is 0 Å². The lowest BCUT2D eigenvalue weighted by Gasteiger charge is -2.38. The molecule has 1 nitrogen and oxygen atoms in total. The smallest absolute Gasteiger partial charge is 0.0314 e. The van der Waals surface area contributed by atoms with Crippen LogP contribution in [0.1, 0.15) is 48.8 Å². The monoisotopic (exact) mass is 265 g/mol. The summed E-state index contributed by atoms with van der Waals surface area (Å²) in [6, 6.07) is 17.6. The Morgan fingerprint density at radius 2 is 1.25 bits per heavy atom. The summed E-state index contributed by atoms with van der Waals surface area (Å²) in [4.78, 5) is 0. The van der Waals surface area contributed by atoms with Crippen molar-refractivity contribution in [2.24, 2.45) is 0 Å². The Bertz CT molecular complexity index is 512. The fourth-order valence-electron chi connectivity index (χ4n) is 3.57. The lowest BCUT2D eigenvalue weighted by atomic mass is 9.65. The number of anilines is 1. The molecule has 0 saturated heterocycles. The Morgan fingerprint density at radius 1 is 0.750 bits per heavy atom. The third kappa shape index (κ3) is 2.33. The molecular weight excluding hydrogens is 242 g/mol. The fraction of sp³-hybridized carbons (Fsp3) is 0.368. The van der Waals surface area contributed by atoms with Crippen LogP contribution in [0.5, 0.6) is 0 Å². The van der Waals surface area contributed by atoms with Crippen molar-refractivity contribution in [3.63, 3.8) is 0 Å². The van der Waals surface area contributed by atoms with Gasteiger partial charge in [-0.15, -0.1) is 0 Å². The fourth-order valence-corrected chi connectivity index (χ4v) is 3.57.